The second kappa shape index (κ2) is 6.84. The third-order valence-corrected chi connectivity index (χ3v) is 9.80. The van der Waals surface area contributed by atoms with Crippen LogP contribution in [0.15, 0.2) is 0 Å². The summed E-state index contributed by atoms with van der Waals surface area (Å²) in [7, 11) is 0. The van der Waals surface area contributed by atoms with Crippen LogP contribution in [-0.4, -0.2) is 23.0 Å². The van der Waals surface area contributed by atoms with E-state index >= 15 is 0 Å². The number of piperidine rings is 1. The minimum absolute atomic E-state index is 0.534. The number of rotatable bonds is 4. The third kappa shape index (κ3) is 2.74. The monoisotopic (exact) mass is 345 g/mol. The first-order chi connectivity index (χ1) is 12.0. The van der Waals surface area contributed by atoms with Crippen LogP contribution in [0.3, 0.4) is 0 Å². The van der Waals surface area contributed by atoms with Gasteiger partial charge in [-0.3, -0.25) is 4.90 Å². The van der Waals surface area contributed by atoms with Gasteiger partial charge in [-0.05, 0) is 87.5 Å². The van der Waals surface area contributed by atoms with Gasteiger partial charge < -0.3 is 0 Å². The largest absolute Gasteiger partial charge is 0.294 e. The molecule has 0 N–H and O–H groups in total. The van der Waals surface area contributed by atoms with Crippen molar-refractivity contribution in [1.29, 1.82) is 0 Å². The highest BCUT2D eigenvalue weighted by Gasteiger charge is 2.60. The van der Waals surface area contributed by atoms with Crippen molar-refractivity contribution in [3.63, 3.8) is 0 Å². The predicted octanol–water partition coefficient (Wildman–Crippen LogP) is 6.66. The van der Waals surface area contributed by atoms with Crippen molar-refractivity contribution in [3.05, 3.63) is 0 Å². The van der Waals surface area contributed by atoms with E-state index in [-0.39, 0.29) is 0 Å². The van der Waals surface area contributed by atoms with Gasteiger partial charge in [0, 0.05) is 11.6 Å². The van der Waals surface area contributed by atoms with E-state index in [0.29, 0.717) is 11.0 Å². The van der Waals surface area contributed by atoms with Gasteiger partial charge >= 0.3 is 0 Å². The summed E-state index contributed by atoms with van der Waals surface area (Å²) in [6.45, 7) is 11.6. The van der Waals surface area contributed by atoms with Crippen LogP contribution in [0.2, 0.25) is 0 Å². The summed E-state index contributed by atoms with van der Waals surface area (Å²) in [6.07, 6.45) is 17.8. The lowest BCUT2D eigenvalue weighted by Crippen LogP contribution is -2.64. The molecule has 0 aromatic heterocycles. The third-order valence-electron chi connectivity index (χ3n) is 9.80. The fourth-order valence-electron chi connectivity index (χ4n) is 8.36. The smallest absolute Gasteiger partial charge is 0.0213 e. The molecule has 4 fully saturated rings. The highest BCUT2D eigenvalue weighted by atomic mass is 15.3. The number of hydrogen-bond acceptors (Lipinski definition) is 1. The molecule has 2 saturated heterocycles. The lowest BCUT2D eigenvalue weighted by Gasteiger charge is -2.63. The Morgan fingerprint density at radius 2 is 1.80 bits per heavy atom. The highest BCUT2D eigenvalue weighted by Crippen LogP contribution is 2.62. The zero-order valence-electron chi connectivity index (χ0n) is 17.5. The van der Waals surface area contributed by atoms with Crippen molar-refractivity contribution < 1.29 is 0 Å². The maximum Gasteiger partial charge on any atom is 0.0213 e. The average molecular weight is 346 g/mol. The molecule has 4 aliphatic rings. The van der Waals surface area contributed by atoms with Crippen LogP contribution in [0, 0.1) is 29.1 Å². The molecule has 2 aliphatic carbocycles. The van der Waals surface area contributed by atoms with Crippen LogP contribution < -0.4 is 0 Å². The SMILES string of the molecule is CCCCC1CCN2[C@@H]3C[C@H](CC)[C@@H]4CCCC[C@]4(C)C3CC[C@]12C. The second-order valence-corrected chi connectivity index (χ2v) is 10.7. The van der Waals surface area contributed by atoms with E-state index in [0.717, 1.165) is 29.7 Å². The van der Waals surface area contributed by atoms with Crippen molar-refractivity contribution in [2.75, 3.05) is 6.54 Å². The first-order valence-electron chi connectivity index (χ1n) is 11.8. The van der Waals surface area contributed by atoms with Crippen LogP contribution >= 0.6 is 0 Å². The molecule has 1 nitrogen and oxygen atoms in total. The molecule has 0 bridgehead atoms. The van der Waals surface area contributed by atoms with E-state index in [1.54, 1.807) is 0 Å². The quantitative estimate of drug-likeness (QED) is 0.550. The molecule has 1 heteroatoms. The van der Waals surface area contributed by atoms with Crippen LogP contribution in [0.5, 0.6) is 0 Å². The normalized spacial score (nSPS) is 50.2. The van der Waals surface area contributed by atoms with Gasteiger partial charge in [0.25, 0.3) is 0 Å². The Labute approximate surface area is 157 Å². The zero-order chi connectivity index (χ0) is 17.7. The standard InChI is InChI=1S/C24H43N/c1-5-7-10-19-13-16-25-22-17-18(6-2)20-11-8-9-14-23(20,3)21(22)12-15-24(19,25)4/h18-22H,5-17H2,1-4H3/t18-,19?,20-,21?,22+,23-,24+/m0/s1. The van der Waals surface area contributed by atoms with Gasteiger partial charge in [-0.25, -0.2) is 0 Å². The van der Waals surface area contributed by atoms with E-state index in [4.69, 9.17) is 0 Å². The van der Waals surface area contributed by atoms with Crippen LogP contribution in [-0.2, 0) is 0 Å². The maximum atomic E-state index is 3.08. The first kappa shape index (κ1) is 18.3. The number of nitrogens with zero attached hydrogens (tertiary/aromatic N) is 1. The molecule has 2 aliphatic heterocycles. The van der Waals surface area contributed by atoms with Crippen molar-refractivity contribution in [1.82, 2.24) is 4.90 Å². The second-order valence-electron chi connectivity index (χ2n) is 10.7. The first-order valence-corrected chi connectivity index (χ1v) is 11.8. The molecular weight excluding hydrogens is 302 g/mol. The van der Waals surface area contributed by atoms with E-state index in [2.05, 4.69) is 32.6 Å². The van der Waals surface area contributed by atoms with Crippen molar-refractivity contribution in [3.8, 4) is 0 Å². The molecule has 0 aromatic rings. The van der Waals surface area contributed by atoms with Gasteiger partial charge in [0.2, 0.25) is 0 Å². The van der Waals surface area contributed by atoms with E-state index in [1.807, 2.05) is 0 Å². The van der Waals surface area contributed by atoms with E-state index in [9.17, 15) is 0 Å². The number of hydrogen-bond donors (Lipinski definition) is 0. The van der Waals surface area contributed by atoms with Gasteiger partial charge in [0.15, 0.2) is 0 Å². The van der Waals surface area contributed by atoms with Gasteiger partial charge in [-0.1, -0.05) is 52.9 Å². The summed E-state index contributed by atoms with van der Waals surface area (Å²) in [6, 6.07) is 0.912. The minimum atomic E-state index is 0.534. The molecule has 0 aromatic carbocycles. The van der Waals surface area contributed by atoms with Gasteiger partial charge in [-0.2, -0.15) is 0 Å². The Morgan fingerprint density at radius 1 is 0.960 bits per heavy atom. The summed E-state index contributed by atoms with van der Waals surface area (Å²) < 4.78 is 0. The molecule has 144 valence electrons. The maximum absolute atomic E-state index is 3.08. The molecule has 2 heterocycles. The van der Waals surface area contributed by atoms with E-state index < -0.39 is 0 Å². The molecular formula is C24H43N. The molecule has 0 spiro atoms. The molecule has 2 saturated carbocycles. The molecule has 4 rings (SSSR count). The Kier molecular flexibility index (Phi) is 5.02. The topological polar surface area (TPSA) is 3.24 Å². The Hall–Kier alpha value is -0.0400. The summed E-state index contributed by atoms with van der Waals surface area (Å²) in [4.78, 5) is 3.08. The Morgan fingerprint density at radius 3 is 2.56 bits per heavy atom. The van der Waals surface area contributed by atoms with Crippen molar-refractivity contribution >= 4 is 0 Å². The lowest BCUT2D eigenvalue weighted by molar-refractivity contribution is -0.137. The molecule has 2 unspecified atom stereocenters. The van der Waals surface area contributed by atoms with Gasteiger partial charge in [0.05, 0.1) is 0 Å². The Balaban J connectivity index is 1.60. The number of unbranched alkanes of at least 4 members (excludes halogenated alkanes) is 1. The average Bonchev–Trinajstić information content (AvgIpc) is 2.95. The Bertz CT molecular complexity index is 473. The molecule has 0 radical (unpaired) electrons. The summed E-state index contributed by atoms with van der Waals surface area (Å²) in [5, 5.41) is 0. The number of fused-ring (bicyclic) bond motifs is 5. The summed E-state index contributed by atoms with van der Waals surface area (Å²) >= 11 is 0. The minimum Gasteiger partial charge on any atom is -0.294 e. The summed E-state index contributed by atoms with van der Waals surface area (Å²) in [5.74, 6) is 4.02. The summed E-state index contributed by atoms with van der Waals surface area (Å²) in [5.41, 5.74) is 1.19. The lowest BCUT2D eigenvalue weighted by atomic mass is 9.48. The van der Waals surface area contributed by atoms with Crippen molar-refractivity contribution in [2.45, 2.75) is 116 Å². The fourth-order valence-corrected chi connectivity index (χ4v) is 8.36. The van der Waals surface area contributed by atoms with Crippen LogP contribution in [0.4, 0.5) is 0 Å². The highest BCUT2D eigenvalue weighted by molar-refractivity contribution is 5.12. The van der Waals surface area contributed by atoms with Gasteiger partial charge in [-0.15, -0.1) is 0 Å². The van der Waals surface area contributed by atoms with Crippen molar-refractivity contribution in [2.24, 2.45) is 29.1 Å². The van der Waals surface area contributed by atoms with Crippen LogP contribution in [0.1, 0.15) is 105 Å². The zero-order valence-corrected chi connectivity index (χ0v) is 17.5. The van der Waals surface area contributed by atoms with Crippen LogP contribution in [0.25, 0.3) is 0 Å². The molecule has 7 atom stereocenters. The fraction of sp³-hybridized carbons (Fsp3) is 1.00. The predicted molar refractivity (Wildman–Crippen MR) is 108 cm³/mol. The van der Waals surface area contributed by atoms with Gasteiger partial charge in [0.1, 0.15) is 0 Å². The molecule has 0 amide bonds. The van der Waals surface area contributed by atoms with E-state index in [1.165, 1.54) is 83.6 Å². The molecule has 25 heavy (non-hydrogen) atoms.